The summed E-state index contributed by atoms with van der Waals surface area (Å²) >= 11 is 4.90. The fraction of sp³-hybridized carbons (Fsp3) is 0.600. The van der Waals surface area contributed by atoms with Crippen molar-refractivity contribution >= 4 is 44.2 Å². The first kappa shape index (κ1) is 17.5. The predicted octanol–water partition coefficient (Wildman–Crippen LogP) is 1.26. The molecule has 9 heteroatoms. The van der Waals surface area contributed by atoms with Gasteiger partial charge in [-0.15, -0.1) is 0 Å². The third-order valence-electron chi connectivity index (χ3n) is 1.50. The number of rotatable bonds is 6. The van der Waals surface area contributed by atoms with Crippen LogP contribution < -0.4 is 0 Å². The van der Waals surface area contributed by atoms with Gasteiger partial charge in [0.2, 0.25) is 0 Å². The van der Waals surface area contributed by atoms with Crippen molar-refractivity contribution in [1.82, 2.24) is 0 Å². The summed E-state index contributed by atoms with van der Waals surface area (Å²) in [6.45, 7) is 5.06. The van der Waals surface area contributed by atoms with Gasteiger partial charge in [0.1, 0.15) is 0 Å². The van der Waals surface area contributed by atoms with Crippen LogP contribution in [0.5, 0.6) is 0 Å². The van der Waals surface area contributed by atoms with Crippen molar-refractivity contribution in [3.8, 4) is 0 Å². The van der Waals surface area contributed by atoms with Crippen LogP contribution in [0, 0.1) is 0 Å². The minimum atomic E-state index is -4.27. The van der Waals surface area contributed by atoms with E-state index in [-0.39, 0.29) is 5.05 Å². The Kier molecular flexibility index (Phi) is 7.23. The third kappa shape index (κ3) is 7.52. The van der Waals surface area contributed by atoms with E-state index in [0.717, 1.165) is 20.8 Å². The summed E-state index contributed by atoms with van der Waals surface area (Å²) in [5.41, 5.74) is 0. The van der Waals surface area contributed by atoms with Gasteiger partial charge in [0.15, 0.2) is 5.05 Å². The molecule has 0 rings (SSSR count). The summed E-state index contributed by atoms with van der Waals surface area (Å²) in [6.07, 6.45) is 1.04. The minimum absolute atomic E-state index is 0.0397. The zero-order chi connectivity index (χ0) is 15.1. The molecule has 0 spiro atoms. The SMILES string of the molecule is CCCC(=S)O[Si](OC(C)=O)(OC(C)=O)OC(C)=O. The summed E-state index contributed by atoms with van der Waals surface area (Å²) < 4.78 is 19.5. The number of thiocarbonyl (C=S) groups is 1. The monoisotopic (exact) mass is 308 g/mol. The number of carbonyl (C=O) groups excluding carboxylic acids is 3. The van der Waals surface area contributed by atoms with E-state index in [1.54, 1.807) is 0 Å². The van der Waals surface area contributed by atoms with E-state index in [2.05, 4.69) is 0 Å². The summed E-state index contributed by atoms with van der Waals surface area (Å²) in [7, 11) is -4.27. The highest BCUT2D eigenvalue weighted by molar-refractivity contribution is 7.80. The molecule has 0 saturated heterocycles. The molecular weight excluding hydrogens is 292 g/mol. The molecule has 0 saturated carbocycles. The molecule has 0 atom stereocenters. The first-order chi connectivity index (χ1) is 8.70. The third-order valence-corrected chi connectivity index (χ3v) is 4.04. The quantitative estimate of drug-likeness (QED) is 0.535. The summed E-state index contributed by atoms with van der Waals surface area (Å²) in [5, 5.41) is 0.0397. The second-order valence-corrected chi connectivity index (χ2v) is 5.78. The lowest BCUT2D eigenvalue weighted by molar-refractivity contribution is -0.153. The summed E-state index contributed by atoms with van der Waals surface area (Å²) in [4.78, 5) is 33.2. The van der Waals surface area contributed by atoms with E-state index in [1.165, 1.54) is 0 Å². The van der Waals surface area contributed by atoms with Crippen LogP contribution in [-0.4, -0.2) is 32.0 Å². The molecule has 0 N–H and O–H groups in total. The fourth-order valence-electron chi connectivity index (χ4n) is 1.05. The van der Waals surface area contributed by atoms with Crippen LogP contribution in [-0.2, 0) is 32.1 Å². The normalized spacial score (nSPS) is 10.3. The minimum Gasteiger partial charge on any atom is -0.446 e. The predicted molar refractivity (Wildman–Crippen MR) is 69.6 cm³/mol. The molecule has 0 aromatic heterocycles. The molecule has 7 nitrogen and oxygen atoms in total. The standard InChI is InChI=1S/C10H16O7SSi/c1-5-6-10(18)17-19(14-7(2)11,15-8(3)12)16-9(4)13/h5-6H2,1-4H3. The first-order valence-corrected chi connectivity index (χ1v) is 7.55. The molecule has 0 bridgehead atoms. The molecule has 0 aromatic carbocycles. The van der Waals surface area contributed by atoms with Crippen LogP contribution in [0.25, 0.3) is 0 Å². The molecule has 0 aliphatic carbocycles. The van der Waals surface area contributed by atoms with Gasteiger partial charge in [-0.05, 0) is 18.6 Å². The maximum absolute atomic E-state index is 11.1. The highest BCUT2D eigenvalue weighted by Crippen LogP contribution is 2.15. The Hall–Kier alpha value is -1.48. The van der Waals surface area contributed by atoms with Crippen LogP contribution in [0.2, 0.25) is 0 Å². The Morgan fingerprint density at radius 1 is 0.895 bits per heavy atom. The molecule has 0 aliphatic rings. The van der Waals surface area contributed by atoms with Crippen molar-refractivity contribution in [2.75, 3.05) is 0 Å². The van der Waals surface area contributed by atoms with Crippen molar-refractivity contribution < 1.29 is 32.1 Å². The molecule has 108 valence electrons. The Labute approximate surface area is 117 Å². The van der Waals surface area contributed by atoms with Gasteiger partial charge >= 0.3 is 9.05 Å². The molecule has 0 radical (unpaired) electrons. The lowest BCUT2D eigenvalue weighted by atomic mass is 10.4. The molecule has 0 aromatic rings. The molecule has 19 heavy (non-hydrogen) atoms. The number of carbonyl (C=O) groups is 3. The number of hydrogen-bond acceptors (Lipinski definition) is 8. The second kappa shape index (κ2) is 7.84. The topological polar surface area (TPSA) is 88.1 Å². The zero-order valence-electron chi connectivity index (χ0n) is 11.2. The van der Waals surface area contributed by atoms with E-state index in [4.69, 9.17) is 29.9 Å². The van der Waals surface area contributed by atoms with Gasteiger partial charge in [-0.25, -0.2) is 0 Å². The average molecular weight is 308 g/mol. The molecule has 0 aliphatic heterocycles. The van der Waals surface area contributed by atoms with Crippen molar-refractivity contribution in [3.05, 3.63) is 0 Å². The molecular formula is C10H16O7SSi. The number of hydrogen-bond donors (Lipinski definition) is 0. The van der Waals surface area contributed by atoms with E-state index in [0.29, 0.717) is 12.8 Å². The lowest BCUT2D eigenvalue weighted by Crippen LogP contribution is -2.53. The summed E-state index contributed by atoms with van der Waals surface area (Å²) in [5.74, 6) is -2.43. The first-order valence-electron chi connectivity index (χ1n) is 5.51. The van der Waals surface area contributed by atoms with Gasteiger partial charge in [-0.2, -0.15) is 0 Å². The van der Waals surface area contributed by atoms with Crippen LogP contribution >= 0.6 is 12.2 Å². The molecule has 0 amide bonds. The Morgan fingerprint density at radius 3 is 1.53 bits per heavy atom. The van der Waals surface area contributed by atoms with E-state index in [9.17, 15) is 14.4 Å². The van der Waals surface area contributed by atoms with Crippen molar-refractivity contribution in [1.29, 1.82) is 0 Å². The maximum atomic E-state index is 11.1. The molecule has 0 heterocycles. The largest absolute Gasteiger partial charge is 0.973 e. The van der Waals surface area contributed by atoms with Crippen LogP contribution in [0.15, 0.2) is 0 Å². The average Bonchev–Trinajstić information content (AvgIpc) is 2.12. The van der Waals surface area contributed by atoms with E-state index >= 15 is 0 Å². The molecule has 0 fully saturated rings. The van der Waals surface area contributed by atoms with Gasteiger partial charge in [0.05, 0.1) is 0 Å². The Morgan fingerprint density at radius 2 is 1.26 bits per heavy atom. The second-order valence-electron chi connectivity index (χ2n) is 3.51. The van der Waals surface area contributed by atoms with Crippen LogP contribution in [0.3, 0.4) is 0 Å². The van der Waals surface area contributed by atoms with Crippen LogP contribution in [0.4, 0.5) is 0 Å². The Balaban J connectivity index is 5.20. The molecule has 0 unspecified atom stereocenters. The fourth-order valence-corrected chi connectivity index (χ4v) is 3.25. The van der Waals surface area contributed by atoms with Crippen molar-refractivity contribution in [2.45, 2.75) is 40.5 Å². The smallest absolute Gasteiger partial charge is 0.446 e. The van der Waals surface area contributed by atoms with Gasteiger partial charge < -0.3 is 17.7 Å². The lowest BCUT2D eigenvalue weighted by Gasteiger charge is -2.24. The van der Waals surface area contributed by atoms with Crippen LogP contribution in [0.1, 0.15) is 40.5 Å². The van der Waals surface area contributed by atoms with Gasteiger partial charge in [-0.1, -0.05) is 6.92 Å². The van der Waals surface area contributed by atoms with Gasteiger partial charge in [0, 0.05) is 27.2 Å². The van der Waals surface area contributed by atoms with Gasteiger partial charge in [-0.3, -0.25) is 14.4 Å². The maximum Gasteiger partial charge on any atom is 0.973 e. The highest BCUT2D eigenvalue weighted by Gasteiger charge is 2.61. The highest BCUT2D eigenvalue weighted by atomic mass is 32.1. The summed E-state index contributed by atoms with van der Waals surface area (Å²) in [6, 6.07) is 0. The zero-order valence-corrected chi connectivity index (χ0v) is 13.0. The Bertz CT molecular complexity index is 341. The van der Waals surface area contributed by atoms with E-state index < -0.39 is 27.0 Å². The van der Waals surface area contributed by atoms with E-state index in [1.807, 2.05) is 6.92 Å². The van der Waals surface area contributed by atoms with Gasteiger partial charge in [0.25, 0.3) is 17.9 Å². The van der Waals surface area contributed by atoms with Crippen molar-refractivity contribution in [2.24, 2.45) is 0 Å². The van der Waals surface area contributed by atoms with Crippen molar-refractivity contribution in [3.63, 3.8) is 0 Å².